The summed E-state index contributed by atoms with van der Waals surface area (Å²) in [6, 6.07) is 1.67. The van der Waals surface area contributed by atoms with Crippen LogP contribution in [0.3, 0.4) is 0 Å². The summed E-state index contributed by atoms with van der Waals surface area (Å²) in [4.78, 5) is 18.5. The van der Waals surface area contributed by atoms with E-state index in [2.05, 4.69) is 4.98 Å². The third kappa shape index (κ3) is 3.70. The van der Waals surface area contributed by atoms with E-state index < -0.39 is 0 Å². The van der Waals surface area contributed by atoms with Crippen LogP contribution in [0.4, 0.5) is 0 Å². The lowest BCUT2D eigenvalue weighted by Gasteiger charge is -2.27. The van der Waals surface area contributed by atoms with Gasteiger partial charge in [0.25, 0.3) is 5.91 Å². The van der Waals surface area contributed by atoms with Crippen molar-refractivity contribution in [2.45, 2.75) is 38.2 Å². The zero-order valence-corrected chi connectivity index (χ0v) is 13.3. The van der Waals surface area contributed by atoms with E-state index in [0.29, 0.717) is 29.7 Å². The minimum Gasteiger partial charge on any atom is -0.473 e. The van der Waals surface area contributed by atoms with Crippen LogP contribution in [0.25, 0.3) is 0 Å². The molecule has 3 rings (SSSR count). The molecule has 0 radical (unpaired) electrons. The number of pyridine rings is 1. The van der Waals surface area contributed by atoms with Crippen LogP contribution in [-0.2, 0) is 4.74 Å². The average molecular weight is 325 g/mol. The summed E-state index contributed by atoms with van der Waals surface area (Å²) in [5.41, 5.74) is 0.534. The number of likely N-dealkylation sites (tertiary alicyclic amines) is 1. The third-order valence-electron chi connectivity index (χ3n) is 4.14. The van der Waals surface area contributed by atoms with Crippen LogP contribution >= 0.6 is 11.6 Å². The van der Waals surface area contributed by atoms with Crippen molar-refractivity contribution in [2.75, 3.05) is 26.3 Å². The van der Waals surface area contributed by atoms with Crippen molar-refractivity contribution in [1.82, 2.24) is 9.88 Å². The highest BCUT2D eigenvalue weighted by molar-refractivity contribution is 6.32. The van der Waals surface area contributed by atoms with Crippen molar-refractivity contribution in [3.8, 4) is 5.88 Å². The Morgan fingerprint density at radius 2 is 2.00 bits per heavy atom. The first kappa shape index (κ1) is 15.6. The summed E-state index contributed by atoms with van der Waals surface area (Å²) < 4.78 is 11.1. The van der Waals surface area contributed by atoms with Gasteiger partial charge < -0.3 is 14.4 Å². The molecule has 2 saturated heterocycles. The van der Waals surface area contributed by atoms with Gasteiger partial charge in [-0.1, -0.05) is 11.6 Å². The third-order valence-corrected chi connectivity index (χ3v) is 4.42. The highest BCUT2D eigenvalue weighted by Gasteiger charge is 2.21. The van der Waals surface area contributed by atoms with E-state index in [0.717, 1.165) is 38.8 Å². The molecule has 0 bridgehead atoms. The van der Waals surface area contributed by atoms with Crippen LogP contribution in [0, 0.1) is 0 Å². The number of carbonyl (C=O) groups is 1. The lowest BCUT2D eigenvalue weighted by atomic mass is 10.1. The maximum atomic E-state index is 12.4. The first-order valence-corrected chi connectivity index (χ1v) is 8.31. The Morgan fingerprint density at radius 3 is 2.68 bits per heavy atom. The fraction of sp³-hybridized carbons (Fsp3) is 0.625. The molecule has 0 saturated carbocycles. The highest BCUT2D eigenvalue weighted by atomic mass is 35.5. The van der Waals surface area contributed by atoms with E-state index in [1.807, 2.05) is 4.90 Å². The van der Waals surface area contributed by atoms with Gasteiger partial charge in [-0.3, -0.25) is 4.79 Å². The van der Waals surface area contributed by atoms with E-state index in [-0.39, 0.29) is 12.0 Å². The van der Waals surface area contributed by atoms with Gasteiger partial charge in [-0.05, 0) is 25.3 Å². The zero-order chi connectivity index (χ0) is 15.4. The van der Waals surface area contributed by atoms with Gasteiger partial charge in [0, 0.05) is 32.1 Å². The minimum atomic E-state index is 0.00622. The van der Waals surface area contributed by atoms with Crippen LogP contribution < -0.4 is 4.74 Å². The van der Waals surface area contributed by atoms with Crippen LogP contribution in [0.5, 0.6) is 5.88 Å². The van der Waals surface area contributed by atoms with Crippen molar-refractivity contribution in [2.24, 2.45) is 0 Å². The second-order valence-electron chi connectivity index (χ2n) is 5.79. The predicted molar refractivity (Wildman–Crippen MR) is 83.5 cm³/mol. The molecular formula is C16H21ClN2O3. The molecule has 3 heterocycles. The number of aromatic nitrogens is 1. The zero-order valence-electron chi connectivity index (χ0n) is 12.6. The Morgan fingerprint density at radius 1 is 1.27 bits per heavy atom. The molecule has 0 N–H and O–H groups in total. The first-order valence-electron chi connectivity index (χ1n) is 7.93. The van der Waals surface area contributed by atoms with Gasteiger partial charge in [0.05, 0.1) is 18.8 Å². The molecule has 2 aliphatic rings. The maximum absolute atomic E-state index is 12.4. The molecule has 120 valence electrons. The number of halogens is 1. The minimum absolute atomic E-state index is 0.00622. The van der Waals surface area contributed by atoms with Gasteiger partial charge in [-0.15, -0.1) is 0 Å². The topological polar surface area (TPSA) is 51.7 Å². The number of amides is 1. The summed E-state index contributed by atoms with van der Waals surface area (Å²) in [5.74, 6) is 0.412. The molecule has 2 aliphatic heterocycles. The molecule has 1 aromatic heterocycles. The van der Waals surface area contributed by atoms with Crippen LogP contribution in [0.15, 0.2) is 12.3 Å². The molecule has 0 spiro atoms. The molecule has 0 unspecified atom stereocenters. The number of nitrogens with zero attached hydrogens (tertiary/aromatic N) is 2. The van der Waals surface area contributed by atoms with E-state index in [4.69, 9.17) is 21.1 Å². The quantitative estimate of drug-likeness (QED) is 0.858. The summed E-state index contributed by atoms with van der Waals surface area (Å²) >= 11 is 6.24. The van der Waals surface area contributed by atoms with Crippen molar-refractivity contribution >= 4 is 17.5 Å². The van der Waals surface area contributed by atoms with Gasteiger partial charge in [0.1, 0.15) is 11.1 Å². The summed E-state index contributed by atoms with van der Waals surface area (Å²) in [5, 5.41) is 0.398. The average Bonchev–Trinajstić information content (AvgIpc) is 2.58. The largest absolute Gasteiger partial charge is 0.473 e. The number of hydrogen-bond donors (Lipinski definition) is 0. The van der Waals surface area contributed by atoms with Crippen LogP contribution in [-0.4, -0.2) is 48.2 Å². The van der Waals surface area contributed by atoms with Crippen molar-refractivity contribution < 1.29 is 14.3 Å². The Hall–Kier alpha value is -1.33. The Balaban J connectivity index is 1.67. The monoisotopic (exact) mass is 324 g/mol. The Labute approximate surface area is 135 Å². The Bertz CT molecular complexity index is 526. The SMILES string of the molecule is O=C(c1cnc(OC2CCOCC2)c(Cl)c1)N1CCCCC1. The van der Waals surface area contributed by atoms with Gasteiger partial charge in [-0.25, -0.2) is 4.98 Å². The molecule has 0 atom stereocenters. The van der Waals surface area contributed by atoms with Crippen molar-refractivity contribution in [3.05, 3.63) is 22.8 Å². The summed E-state index contributed by atoms with van der Waals surface area (Å²) in [6.07, 6.45) is 6.66. The number of hydrogen-bond acceptors (Lipinski definition) is 4. The molecule has 0 aromatic carbocycles. The van der Waals surface area contributed by atoms with Gasteiger partial charge in [0.15, 0.2) is 0 Å². The molecular weight excluding hydrogens is 304 g/mol. The number of piperidine rings is 1. The van der Waals surface area contributed by atoms with E-state index in [9.17, 15) is 4.79 Å². The van der Waals surface area contributed by atoms with E-state index >= 15 is 0 Å². The lowest BCUT2D eigenvalue weighted by Crippen LogP contribution is -2.35. The summed E-state index contributed by atoms with van der Waals surface area (Å²) in [6.45, 7) is 3.04. The molecule has 0 aliphatic carbocycles. The fourth-order valence-corrected chi connectivity index (χ4v) is 3.07. The second-order valence-corrected chi connectivity index (χ2v) is 6.20. The van der Waals surface area contributed by atoms with Gasteiger partial charge >= 0.3 is 0 Å². The van der Waals surface area contributed by atoms with Gasteiger partial charge in [-0.2, -0.15) is 0 Å². The molecule has 1 amide bonds. The first-order chi connectivity index (χ1) is 10.7. The second kappa shape index (κ2) is 7.29. The van der Waals surface area contributed by atoms with Crippen LogP contribution in [0.2, 0.25) is 5.02 Å². The van der Waals surface area contributed by atoms with Crippen molar-refractivity contribution in [3.63, 3.8) is 0 Å². The smallest absolute Gasteiger partial charge is 0.255 e. The molecule has 1 aromatic rings. The standard InChI is InChI=1S/C16H21ClN2O3/c17-14-10-12(16(20)19-6-2-1-3-7-19)11-18-15(14)22-13-4-8-21-9-5-13/h10-11,13H,1-9H2. The highest BCUT2D eigenvalue weighted by Crippen LogP contribution is 2.26. The molecule has 5 nitrogen and oxygen atoms in total. The van der Waals surface area contributed by atoms with Crippen LogP contribution in [0.1, 0.15) is 42.5 Å². The van der Waals surface area contributed by atoms with Gasteiger partial charge in [0.2, 0.25) is 5.88 Å². The summed E-state index contributed by atoms with van der Waals surface area (Å²) in [7, 11) is 0. The molecule has 2 fully saturated rings. The maximum Gasteiger partial charge on any atom is 0.255 e. The Kier molecular flexibility index (Phi) is 5.16. The van der Waals surface area contributed by atoms with Crippen molar-refractivity contribution in [1.29, 1.82) is 0 Å². The lowest BCUT2D eigenvalue weighted by molar-refractivity contribution is 0.0238. The van der Waals surface area contributed by atoms with E-state index in [1.54, 1.807) is 12.3 Å². The number of ether oxygens (including phenoxy) is 2. The molecule has 6 heteroatoms. The van der Waals surface area contributed by atoms with E-state index in [1.165, 1.54) is 6.42 Å². The molecule has 22 heavy (non-hydrogen) atoms. The number of rotatable bonds is 3. The fourth-order valence-electron chi connectivity index (χ4n) is 2.86. The predicted octanol–water partition coefficient (Wildman–Crippen LogP) is 2.92. The normalized spacial score (nSPS) is 20.0. The number of carbonyl (C=O) groups excluding carboxylic acids is 1.